The van der Waals surface area contributed by atoms with Gasteiger partial charge in [0.2, 0.25) is 0 Å². The van der Waals surface area contributed by atoms with Crippen LogP contribution in [0.5, 0.6) is 0 Å². The Morgan fingerprint density at radius 2 is 1.48 bits per heavy atom. The molecule has 3 aromatic rings. The summed E-state index contributed by atoms with van der Waals surface area (Å²) in [4.78, 5) is 0.331. The first kappa shape index (κ1) is 13.6. The van der Waals surface area contributed by atoms with Crippen molar-refractivity contribution in [3.8, 4) is 11.1 Å². The minimum atomic E-state index is -3.20. The van der Waals surface area contributed by atoms with Crippen molar-refractivity contribution in [1.29, 1.82) is 0 Å². The number of benzene rings is 3. The zero-order chi connectivity index (χ0) is 15.0. The van der Waals surface area contributed by atoms with Crippen molar-refractivity contribution >= 4 is 26.3 Å². The molecular weight excluding hydrogens is 282 g/mol. The highest BCUT2D eigenvalue weighted by Gasteiger charge is 2.08. The van der Waals surface area contributed by atoms with Crippen LogP contribution >= 0.6 is 0 Å². The van der Waals surface area contributed by atoms with Crippen molar-refractivity contribution in [3.05, 3.63) is 60.7 Å². The standard InChI is InChI=1S/C17H15NO2S/c1-21(19,20)17-4-2-3-12(11-17)13-5-6-15-10-16(18)8-7-14(15)9-13/h2-11H,18H2,1H3. The fraction of sp³-hybridized carbons (Fsp3) is 0.0588. The molecule has 0 amide bonds. The van der Waals surface area contributed by atoms with Crippen LogP contribution in [0.25, 0.3) is 21.9 Å². The summed E-state index contributed by atoms with van der Waals surface area (Å²) in [6.07, 6.45) is 1.22. The molecule has 4 heteroatoms. The topological polar surface area (TPSA) is 60.2 Å². The number of hydrogen-bond donors (Lipinski definition) is 1. The lowest BCUT2D eigenvalue weighted by atomic mass is 10.0. The molecular formula is C17H15NO2S. The molecule has 0 radical (unpaired) electrons. The zero-order valence-corrected chi connectivity index (χ0v) is 12.4. The maximum Gasteiger partial charge on any atom is 0.175 e. The normalized spacial score (nSPS) is 11.7. The Labute approximate surface area is 124 Å². The number of hydrogen-bond acceptors (Lipinski definition) is 3. The van der Waals surface area contributed by atoms with Crippen molar-refractivity contribution < 1.29 is 8.42 Å². The fourth-order valence-electron chi connectivity index (χ4n) is 2.35. The molecule has 0 fully saturated rings. The number of rotatable bonds is 2. The summed E-state index contributed by atoms with van der Waals surface area (Å²) in [6.45, 7) is 0. The second-order valence-corrected chi connectivity index (χ2v) is 7.14. The molecule has 0 aliphatic rings. The van der Waals surface area contributed by atoms with E-state index in [1.54, 1.807) is 18.2 Å². The van der Waals surface area contributed by atoms with Crippen molar-refractivity contribution in [2.24, 2.45) is 0 Å². The molecule has 0 saturated heterocycles. The first-order valence-corrected chi connectivity index (χ1v) is 8.42. The summed E-state index contributed by atoms with van der Waals surface area (Å²) >= 11 is 0. The van der Waals surface area contributed by atoms with E-state index < -0.39 is 9.84 Å². The fourth-order valence-corrected chi connectivity index (χ4v) is 3.02. The highest BCUT2D eigenvalue weighted by Crippen LogP contribution is 2.27. The molecule has 0 spiro atoms. The van der Waals surface area contributed by atoms with Gasteiger partial charge in [-0.3, -0.25) is 0 Å². The molecule has 0 heterocycles. The van der Waals surface area contributed by atoms with Crippen LogP contribution in [-0.2, 0) is 9.84 Å². The van der Waals surface area contributed by atoms with E-state index in [0.29, 0.717) is 4.90 Å². The maximum atomic E-state index is 11.7. The van der Waals surface area contributed by atoms with E-state index in [0.717, 1.165) is 27.6 Å². The molecule has 106 valence electrons. The lowest BCUT2D eigenvalue weighted by Gasteiger charge is -2.07. The molecule has 21 heavy (non-hydrogen) atoms. The second-order valence-electron chi connectivity index (χ2n) is 5.12. The van der Waals surface area contributed by atoms with Crippen LogP contribution < -0.4 is 5.73 Å². The average molecular weight is 297 g/mol. The lowest BCUT2D eigenvalue weighted by Crippen LogP contribution is -1.96. The number of anilines is 1. The molecule has 3 rings (SSSR count). The van der Waals surface area contributed by atoms with Gasteiger partial charge >= 0.3 is 0 Å². The lowest BCUT2D eigenvalue weighted by molar-refractivity contribution is 0.602. The minimum Gasteiger partial charge on any atom is -0.399 e. The van der Waals surface area contributed by atoms with E-state index in [1.807, 2.05) is 42.5 Å². The summed E-state index contributed by atoms with van der Waals surface area (Å²) < 4.78 is 23.3. The van der Waals surface area contributed by atoms with Gasteiger partial charge in [0.25, 0.3) is 0 Å². The van der Waals surface area contributed by atoms with Gasteiger partial charge in [0.05, 0.1) is 4.90 Å². The SMILES string of the molecule is CS(=O)(=O)c1cccc(-c2ccc3cc(N)ccc3c2)c1. The van der Waals surface area contributed by atoms with Gasteiger partial charge in [0.1, 0.15) is 0 Å². The van der Waals surface area contributed by atoms with Crippen LogP contribution in [0.1, 0.15) is 0 Å². The summed E-state index contributed by atoms with van der Waals surface area (Å²) in [5, 5.41) is 2.14. The van der Waals surface area contributed by atoms with Crippen LogP contribution in [-0.4, -0.2) is 14.7 Å². The van der Waals surface area contributed by atoms with Crippen molar-refractivity contribution in [2.75, 3.05) is 12.0 Å². The second kappa shape index (κ2) is 4.90. The number of nitrogens with two attached hydrogens (primary N) is 1. The molecule has 2 N–H and O–H groups in total. The molecule has 0 bridgehead atoms. The quantitative estimate of drug-likeness (QED) is 0.736. The monoisotopic (exact) mass is 297 g/mol. The smallest absolute Gasteiger partial charge is 0.175 e. The molecule has 3 aromatic carbocycles. The van der Waals surface area contributed by atoms with Gasteiger partial charge < -0.3 is 5.73 Å². The van der Waals surface area contributed by atoms with Gasteiger partial charge in [-0.1, -0.05) is 30.3 Å². The Bertz CT molecular complexity index is 930. The Hall–Kier alpha value is -2.33. The maximum absolute atomic E-state index is 11.7. The van der Waals surface area contributed by atoms with Crippen molar-refractivity contribution in [2.45, 2.75) is 4.90 Å². The number of fused-ring (bicyclic) bond motifs is 1. The van der Waals surface area contributed by atoms with E-state index in [4.69, 9.17) is 5.73 Å². The first-order valence-electron chi connectivity index (χ1n) is 6.53. The third-order valence-electron chi connectivity index (χ3n) is 3.46. The van der Waals surface area contributed by atoms with E-state index in [9.17, 15) is 8.42 Å². The molecule has 0 saturated carbocycles. The third-order valence-corrected chi connectivity index (χ3v) is 4.57. The summed E-state index contributed by atoms with van der Waals surface area (Å²) in [5.74, 6) is 0. The van der Waals surface area contributed by atoms with E-state index in [-0.39, 0.29) is 0 Å². The number of nitrogen functional groups attached to an aromatic ring is 1. The predicted octanol–water partition coefficient (Wildman–Crippen LogP) is 3.49. The summed E-state index contributed by atoms with van der Waals surface area (Å²) in [5.41, 5.74) is 8.37. The molecule has 0 aromatic heterocycles. The van der Waals surface area contributed by atoms with Crippen LogP contribution in [0.4, 0.5) is 5.69 Å². The van der Waals surface area contributed by atoms with E-state index >= 15 is 0 Å². The first-order chi connectivity index (χ1) is 9.93. The average Bonchev–Trinajstić information content (AvgIpc) is 2.46. The molecule has 0 aliphatic heterocycles. The van der Waals surface area contributed by atoms with Crippen LogP contribution in [0, 0.1) is 0 Å². The highest BCUT2D eigenvalue weighted by atomic mass is 32.2. The van der Waals surface area contributed by atoms with E-state index in [1.165, 1.54) is 6.26 Å². The highest BCUT2D eigenvalue weighted by molar-refractivity contribution is 7.90. The summed E-state index contributed by atoms with van der Waals surface area (Å²) in [6, 6.07) is 18.7. The van der Waals surface area contributed by atoms with Crippen LogP contribution in [0.3, 0.4) is 0 Å². The Balaban J connectivity index is 2.14. The third kappa shape index (κ3) is 2.76. The van der Waals surface area contributed by atoms with Crippen molar-refractivity contribution in [3.63, 3.8) is 0 Å². The Kier molecular flexibility index (Phi) is 3.18. The van der Waals surface area contributed by atoms with Gasteiger partial charge in [-0.15, -0.1) is 0 Å². The summed E-state index contributed by atoms with van der Waals surface area (Å²) in [7, 11) is -3.20. The van der Waals surface area contributed by atoms with Gasteiger partial charge in [-0.2, -0.15) is 0 Å². The van der Waals surface area contributed by atoms with E-state index in [2.05, 4.69) is 0 Å². The molecule has 3 nitrogen and oxygen atoms in total. The van der Waals surface area contributed by atoms with Crippen LogP contribution in [0.2, 0.25) is 0 Å². The Morgan fingerprint density at radius 1 is 0.810 bits per heavy atom. The zero-order valence-electron chi connectivity index (χ0n) is 11.6. The molecule has 0 aliphatic carbocycles. The molecule has 0 unspecified atom stereocenters. The van der Waals surface area contributed by atoms with Gasteiger partial charge in [0.15, 0.2) is 9.84 Å². The molecule has 0 atom stereocenters. The minimum absolute atomic E-state index is 0.331. The van der Waals surface area contributed by atoms with Gasteiger partial charge in [-0.05, 0) is 52.2 Å². The van der Waals surface area contributed by atoms with Crippen molar-refractivity contribution in [1.82, 2.24) is 0 Å². The van der Waals surface area contributed by atoms with Crippen LogP contribution in [0.15, 0.2) is 65.6 Å². The van der Waals surface area contributed by atoms with Gasteiger partial charge in [-0.25, -0.2) is 8.42 Å². The Morgan fingerprint density at radius 3 is 2.24 bits per heavy atom. The predicted molar refractivity (Wildman–Crippen MR) is 86.9 cm³/mol. The van der Waals surface area contributed by atoms with Gasteiger partial charge in [0, 0.05) is 11.9 Å². The number of sulfone groups is 1. The largest absolute Gasteiger partial charge is 0.399 e.